The van der Waals surface area contributed by atoms with E-state index in [4.69, 9.17) is 5.11 Å². The van der Waals surface area contributed by atoms with Crippen molar-refractivity contribution >= 4 is 17.8 Å². The van der Waals surface area contributed by atoms with Gasteiger partial charge in [0.15, 0.2) is 0 Å². The van der Waals surface area contributed by atoms with Gasteiger partial charge in [-0.05, 0) is 20.3 Å². The highest BCUT2D eigenvalue weighted by atomic mass is 16.4. The molecule has 1 aliphatic heterocycles. The summed E-state index contributed by atoms with van der Waals surface area (Å²) in [4.78, 5) is 35.0. The Hall–Kier alpha value is -1.59. The summed E-state index contributed by atoms with van der Waals surface area (Å²) >= 11 is 0. The number of nitrogens with zero attached hydrogens (tertiary/aromatic N) is 1. The number of hydrogen-bond acceptors (Lipinski definition) is 3. The van der Waals surface area contributed by atoms with E-state index >= 15 is 0 Å². The first-order valence-electron chi connectivity index (χ1n) is 5.07. The first kappa shape index (κ1) is 12.5. The molecule has 0 saturated carbocycles. The second-order valence-electron chi connectivity index (χ2n) is 4.42. The van der Waals surface area contributed by atoms with E-state index in [2.05, 4.69) is 5.32 Å². The van der Waals surface area contributed by atoms with Gasteiger partial charge in [-0.3, -0.25) is 9.59 Å². The quantitative estimate of drug-likeness (QED) is 0.687. The van der Waals surface area contributed by atoms with Crippen molar-refractivity contribution in [2.75, 3.05) is 7.05 Å². The largest absolute Gasteiger partial charge is 0.480 e. The van der Waals surface area contributed by atoms with Gasteiger partial charge in [-0.15, -0.1) is 0 Å². The highest BCUT2D eigenvalue weighted by Gasteiger charge is 2.39. The number of nitrogens with one attached hydrogen (secondary N) is 1. The summed E-state index contributed by atoms with van der Waals surface area (Å²) < 4.78 is 0. The molecule has 0 spiro atoms. The van der Waals surface area contributed by atoms with Crippen molar-refractivity contribution < 1.29 is 19.5 Å². The monoisotopic (exact) mass is 228 g/mol. The predicted molar refractivity (Wildman–Crippen MR) is 55.6 cm³/mol. The molecule has 0 aromatic heterocycles. The number of carbonyl (C=O) groups excluding carboxylic acids is 2. The van der Waals surface area contributed by atoms with Crippen LogP contribution in [0.15, 0.2) is 0 Å². The lowest BCUT2D eigenvalue weighted by molar-refractivity contribution is -0.156. The fourth-order valence-electron chi connectivity index (χ4n) is 1.45. The van der Waals surface area contributed by atoms with Gasteiger partial charge in [-0.1, -0.05) is 0 Å². The predicted octanol–water partition coefficient (Wildman–Crippen LogP) is -0.413. The average molecular weight is 228 g/mol. The minimum atomic E-state index is -1.27. The van der Waals surface area contributed by atoms with Crippen LogP contribution >= 0.6 is 0 Å². The Morgan fingerprint density at radius 2 is 2.06 bits per heavy atom. The molecule has 6 heteroatoms. The van der Waals surface area contributed by atoms with Crippen molar-refractivity contribution in [1.29, 1.82) is 0 Å². The molecule has 2 amide bonds. The average Bonchev–Trinajstić information content (AvgIpc) is 2.62. The molecule has 0 aliphatic carbocycles. The number of rotatable bonds is 3. The molecule has 1 fully saturated rings. The van der Waals surface area contributed by atoms with Gasteiger partial charge < -0.3 is 15.3 Å². The van der Waals surface area contributed by atoms with E-state index in [-0.39, 0.29) is 11.8 Å². The Labute approximate surface area is 93.6 Å². The van der Waals surface area contributed by atoms with Crippen molar-refractivity contribution in [3.63, 3.8) is 0 Å². The van der Waals surface area contributed by atoms with Crippen LogP contribution in [0.1, 0.15) is 26.7 Å². The van der Waals surface area contributed by atoms with Crippen LogP contribution in [0.25, 0.3) is 0 Å². The second kappa shape index (κ2) is 4.11. The van der Waals surface area contributed by atoms with Gasteiger partial charge in [0.2, 0.25) is 11.8 Å². The Balaban J connectivity index is 2.74. The number of hydrogen-bond donors (Lipinski definition) is 2. The molecule has 0 aromatic rings. The van der Waals surface area contributed by atoms with E-state index in [1.165, 1.54) is 20.9 Å². The molecule has 1 heterocycles. The minimum Gasteiger partial charge on any atom is -0.480 e. The standard InChI is InChI=1S/C10H16N2O4/c1-10(2,9(15)16)12(3)8(14)6-4-5-7(13)11-6/h6H,4-5H2,1-3H3,(H,11,13)(H,15,16)/t6-/m1/s1. The van der Waals surface area contributed by atoms with Crippen LogP contribution in [0, 0.1) is 0 Å². The molecule has 0 aromatic carbocycles. The summed E-state index contributed by atoms with van der Waals surface area (Å²) in [5.74, 6) is -1.61. The lowest BCUT2D eigenvalue weighted by Gasteiger charge is -2.33. The van der Waals surface area contributed by atoms with Crippen molar-refractivity contribution in [3.8, 4) is 0 Å². The SMILES string of the molecule is CN(C(=O)[C@H]1CCC(=O)N1)C(C)(C)C(=O)O. The van der Waals surface area contributed by atoms with Gasteiger partial charge >= 0.3 is 5.97 Å². The fraction of sp³-hybridized carbons (Fsp3) is 0.700. The number of carbonyl (C=O) groups is 3. The van der Waals surface area contributed by atoms with Gasteiger partial charge in [0, 0.05) is 13.5 Å². The summed E-state index contributed by atoms with van der Waals surface area (Å²) in [6, 6.07) is -0.587. The maximum Gasteiger partial charge on any atom is 0.329 e. The smallest absolute Gasteiger partial charge is 0.329 e. The number of amides is 2. The van der Waals surface area contributed by atoms with Crippen LogP contribution < -0.4 is 5.32 Å². The summed E-state index contributed by atoms with van der Waals surface area (Å²) in [5.41, 5.74) is -1.27. The third-order valence-corrected chi connectivity index (χ3v) is 2.99. The number of carboxylic acid groups (broad SMARTS) is 1. The molecule has 6 nitrogen and oxygen atoms in total. The molecule has 2 N–H and O–H groups in total. The van der Waals surface area contributed by atoms with Crippen LogP contribution in [0.5, 0.6) is 0 Å². The first-order valence-corrected chi connectivity index (χ1v) is 5.07. The fourth-order valence-corrected chi connectivity index (χ4v) is 1.45. The van der Waals surface area contributed by atoms with Gasteiger partial charge in [0.05, 0.1) is 0 Å². The van der Waals surface area contributed by atoms with Gasteiger partial charge in [-0.2, -0.15) is 0 Å². The normalized spacial score (nSPS) is 20.4. The third-order valence-electron chi connectivity index (χ3n) is 2.99. The van der Waals surface area contributed by atoms with Crippen molar-refractivity contribution in [1.82, 2.24) is 10.2 Å². The van der Waals surface area contributed by atoms with E-state index in [0.717, 1.165) is 4.90 Å². The Bertz CT molecular complexity index is 338. The van der Waals surface area contributed by atoms with E-state index in [1.807, 2.05) is 0 Å². The van der Waals surface area contributed by atoms with E-state index in [0.29, 0.717) is 12.8 Å². The first-order chi connectivity index (χ1) is 7.26. The molecule has 1 aliphatic rings. The Morgan fingerprint density at radius 3 is 2.44 bits per heavy atom. The van der Waals surface area contributed by atoms with E-state index < -0.39 is 17.6 Å². The Morgan fingerprint density at radius 1 is 1.50 bits per heavy atom. The van der Waals surface area contributed by atoms with Crippen LogP contribution in [0.4, 0.5) is 0 Å². The zero-order valence-corrected chi connectivity index (χ0v) is 9.61. The van der Waals surface area contributed by atoms with Crippen molar-refractivity contribution in [2.24, 2.45) is 0 Å². The highest BCUT2D eigenvalue weighted by Crippen LogP contribution is 2.17. The number of aliphatic carboxylic acids is 1. The number of likely N-dealkylation sites (N-methyl/N-ethyl adjacent to an activating group) is 1. The maximum absolute atomic E-state index is 11.9. The highest BCUT2D eigenvalue weighted by molar-refractivity contribution is 5.93. The van der Waals surface area contributed by atoms with E-state index in [9.17, 15) is 14.4 Å². The zero-order chi connectivity index (χ0) is 12.5. The summed E-state index contributed by atoms with van der Waals surface area (Å²) in [6.07, 6.45) is 0.745. The van der Waals surface area contributed by atoms with Crippen LogP contribution in [-0.4, -0.2) is 46.4 Å². The zero-order valence-electron chi connectivity index (χ0n) is 9.61. The molecule has 1 rings (SSSR count). The van der Waals surface area contributed by atoms with Crippen LogP contribution in [0.2, 0.25) is 0 Å². The molecule has 1 atom stereocenters. The second-order valence-corrected chi connectivity index (χ2v) is 4.42. The van der Waals surface area contributed by atoms with Crippen molar-refractivity contribution in [3.05, 3.63) is 0 Å². The molecule has 1 saturated heterocycles. The lowest BCUT2D eigenvalue weighted by atomic mass is 10.0. The Kier molecular flexibility index (Phi) is 3.21. The summed E-state index contributed by atoms with van der Waals surface area (Å²) in [5, 5.41) is 11.5. The van der Waals surface area contributed by atoms with Crippen molar-refractivity contribution in [2.45, 2.75) is 38.3 Å². The van der Waals surface area contributed by atoms with Gasteiger partial charge in [0.25, 0.3) is 0 Å². The summed E-state index contributed by atoms with van der Waals surface area (Å²) in [7, 11) is 1.43. The van der Waals surface area contributed by atoms with Gasteiger partial charge in [-0.25, -0.2) is 4.79 Å². The van der Waals surface area contributed by atoms with Crippen LogP contribution in [0.3, 0.4) is 0 Å². The molecule has 0 unspecified atom stereocenters. The molecule has 0 radical (unpaired) electrons. The molecular formula is C10H16N2O4. The molecule has 0 bridgehead atoms. The topological polar surface area (TPSA) is 86.7 Å². The maximum atomic E-state index is 11.9. The van der Waals surface area contributed by atoms with E-state index in [1.54, 1.807) is 0 Å². The molecule has 90 valence electrons. The summed E-state index contributed by atoms with van der Waals surface area (Å²) in [6.45, 7) is 2.90. The van der Waals surface area contributed by atoms with Crippen LogP contribution in [-0.2, 0) is 14.4 Å². The third kappa shape index (κ3) is 2.15. The van der Waals surface area contributed by atoms with Gasteiger partial charge in [0.1, 0.15) is 11.6 Å². The molecule has 16 heavy (non-hydrogen) atoms. The minimum absolute atomic E-state index is 0.167. The number of carboxylic acids is 1. The molecular weight excluding hydrogens is 212 g/mol. The lowest BCUT2D eigenvalue weighted by Crippen LogP contribution is -2.55.